The molecule has 0 spiro atoms. The lowest BCUT2D eigenvalue weighted by molar-refractivity contribution is -0.174. The number of carbonyl (C=O) groups excluding carboxylic acids is 4. The number of likely N-dealkylation sites (tertiary alicyclic amines) is 1. The molecule has 20 heavy (non-hydrogen) atoms. The average molecular weight is 287 g/mol. The number of rotatable bonds is 5. The van der Waals surface area contributed by atoms with E-state index in [0.717, 1.165) is 0 Å². The van der Waals surface area contributed by atoms with E-state index in [1.54, 1.807) is 0 Å². The van der Waals surface area contributed by atoms with Crippen molar-refractivity contribution in [2.75, 3.05) is 13.2 Å². The molecule has 0 aromatic rings. The Morgan fingerprint density at radius 1 is 1.10 bits per heavy atom. The van der Waals surface area contributed by atoms with Crippen molar-refractivity contribution in [3.05, 3.63) is 0 Å². The zero-order valence-electron chi connectivity index (χ0n) is 11.6. The first-order valence-corrected chi connectivity index (χ1v) is 6.08. The van der Waals surface area contributed by atoms with Crippen LogP contribution in [-0.4, -0.2) is 54.2 Å². The van der Waals surface area contributed by atoms with E-state index in [4.69, 9.17) is 14.2 Å². The molecule has 0 aliphatic carbocycles. The summed E-state index contributed by atoms with van der Waals surface area (Å²) in [7, 11) is 0. The van der Waals surface area contributed by atoms with Crippen LogP contribution in [0.5, 0.6) is 0 Å². The molecule has 1 heterocycles. The van der Waals surface area contributed by atoms with Crippen LogP contribution in [0.4, 0.5) is 0 Å². The van der Waals surface area contributed by atoms with Crippen LogP contribution in [0, 0.1) is 0 Å². The molecule has 1 saturated heterocycles. The second-order valence-corrected chi connectivity index (χ2v) is 4.28. The van der Waals surface area contributed by atoms with Crippen molar-refractivity contribution in [3.8, 4) is 0 Å². The first-order chi connectivity index (χ1) is 9.31. The molecule has 0 bridgehead atoms. The molecule has 0 unspecified atom stereocenters. The van der Waals surface area contributed by atoms with Gasteiger partial charge in [0.15, 0.2) is 6.10 Å². The number of hydrogen-bond acceptors (Lipinski definition) is 7. The Labute approximate surface area is 115 Å². The van der Waals surface area contributed by atoms with Gasteiger partial charge in [-0.15, -0.1) is 0 Å². The smallest absolute Gasteiger partial charge is 0.304 e. The molecular weight excluding hydrogens is 270 g/mol. The standard InChI is InChI=1S/C12H17NO7/c1-7(14)18-5-4-13-11(17)6-10(19-8(2)15)12(13)20-9(3)16/h10,12H,4-6H2,1-3H3/t10-,12+/m0/s1. The fourth-order valence-electron chi connectivity index (χ4n) is 1.90. The van der Waals surface area contributed by atoms with E-state index in [9.17, 15) is 19.2 Å². The third-order valence-electron chi connectivity index (χ3n) is 2.56. The Morgan fingerprint density at radius 2 is 1.70 bits per heavy atom. The minimum Gasteiger partial charge on any atom is -0.464 e. The zero-order chi connectivity index (χ0) is 15.3. The van der Waals surface area contributed by atoms with Gasteiger partial charge in [-0.05, 0) is 0 Å². The zero-order valence-corrected chi connectivity index (χ0v) is 11.6. The highest BCUT2D eigenvalue weighted by atomic mass is 16.6. The third-order valence-corrected chi connectivity index (χ3v) is 2.56. The summed E-state index contributed by atoms with van der Waals surface area (Å²) in [5.41, 5.74) is 0. The maximum absolute atomic E-state index is 11.8. The Kier molecular flexibility index (Phi) is 5.48. The molecule has 0 N–H and O–H groups in total. The number of carbonyl (C=O) groups is 4. The molecule has 1 rings (SSSR count). The number of amides is 1. The molecule has 112 valence electrons. The van der Waals surface area contributed by atoms with Gasteiger partial charge >= 0.3 is 17.9 Å². The predicted octanol–water partition coefficient (Wildman–Crippen LogP) is -0.397. The molecule has 1 amide bonds. The Morgan fingerprint density at radius 3 is 2.20 bits per heavy atom. The lowest BCUT2D eigenvalue weighted by atomic mass is 10.3. The SMILES string of the molecule is CC(=O)OCCN1C(=O)C[C@H](OC(C)=O)[C@H]1OC(C)=O. The first-order valence-electron chi connectivity index (χ1n) is 6.08. The van der Waals surface area contributed by atoms with Crippen LogP contribution in [0.25, 0.3) is 0 Å². The summed E-state index contributed by atoms with van der Waals surface area (Å²) in [6.45, 7) is 3.69. The lowest BCUT2D eigenvalue weighted by Crippen LogP contribution is -2.43. The van der Waals surface area contributed by atoms with Gasteiger partial charge in [-0.25, -0.2) is 0 Å². The third kappa shape index (κ3) is 4.52. The Bertz CT molecular complexity index is 420. The van der Waals surface area contributed by atoms with E-state index in [-0.39, 0.29) is 25.5 Å². The normalized spacial score (nSPS) is 21.6. The van der Waals surface area contributed by atoms with Gasteiger partial charge < -0.3 is 19.1 Å². The van der Waals surface area contributed by atoms with E-state index < -0.39 is 30.2 Å². The summed E-state index contributed by atoms with van der Waals surface area (Å²) in [4.78, 5) is 45.8. The van der Waals surface area contributed by atoms with E-state index in [1.807, 2.05) is 0 Å². The minimum atomic E-state index is -0.987. The summed E-state index contributed by atoms with van der Waals surface area (Å²) in [5.74, 6) is -1.98. The Balaban J connectivity index is 2.72. The van der Waals surface area contributed by atoms with Crippen LogP contribution in [0.2, 0.25) is 0 Å². The summed E-state index contributed by atoms with van der Waals surface area (Å²) in [6.07, 6.45) is -1.90. The fraction of sp³-hybridized carbons (Fsp3) is 0.667. The molecule has 8 nitrogen and oxygen atoms in total. The lowest BCUT2D eigenvalue weighted by Gasteiger charge is -2.26. The van der Waals surface area contributed by atoms with Gasteiger partial charge in [-0.2, -0.15) is 0 Å². The Hall–Kier alpha value is -2.12. The number of nitrogens with zero attached hydrogens (tertiary/aromatic N) is 1. The highest BCUT2D eigenvalue weighted by Gasteiger charge is 2.44. The van der Waals surface area contributed by atoms with E-state index in [1.165, 1.54) is 25.7 Å². The van der Waals surface area contributed by atoms with Crippen LogP contribution in [0.1, 0.15) is 27.2 Å². The van der Waals surface area contributed by atoms with Gasteiger partial charge in [-0.3, -0.25) is 19.2 Å². The van der Waals surface area contributed by atoms with Crippen LogP contribution in [-0.2, 0) is 33.4 Å². The summed E-state index contributed by atoms with van der Waals surface area (Å²) in [5, 5.41) is 0. The largest absolute Gasteiger partial charge is 0.464 e. The average Bonchev–Trinajstić information content (AvgIpc) is 2.55. The van der Waals surface area contributed by atoms with Crippen molar-refractivity contribution in [1.29, 1.82) is 0 Å². The van der Waals surface area contributed by atoms with Crippen LogP contribution in [0.15, 0.2) is 0 Å². The van der Waals surface area contributed by atoms with Crippen LogP contribution >= 0.6 is 0 Å². The van der Waals surface area contributed by atoms with E-state index in [2.05, 4.69) is 0 Å². The topological polar surface area (TPSA) is 99.2 Å². The molecule has 0 aromatic carbocycles. The minimum absolute atomic E-state index is 0.0222. The molecule has 0 saturated carbocycles. The maximum atomic E-state index is 11.8. The quantitative estimate of drug-likeness (QED) is 0.501. The maximum Gasteiger partial charge on any atom is 0.304 e. The highest BCUT2D eigenvalue weighted by Crippen LogP contribution is 2.23. The highest BCUT2D eigenvalue weighted by molar-refractivity contribution is 5.81. The summed E-state index contributed by atoms with van der Waals surface area (Å²) >= 11 is 0. The van der Waals surface area contributed by atoms with Crippen molar-refractivity contribution in [2.24, 2.45) is 0 Å². The summed E-state index contributed by atoms with van der Waals surface area (Å²) in [6, 6.07) is 0. The fourth-order valence-corrected chi connectivity index (χ4v) is 1.90. The van der Waals surface area contributed by atoms with Gasteiger partial charge in [0.2, 0.25) is 12.1 Å². The molecule has 0 radical (unpaired) electrons. The second kappa shape index (κ2) is 6.88. The molecule has 2 atom stereocenters. The number of ether oxygens (including phenoxy) is 3. The van der Waals surface area contributed by atoms with Gasteiger partial charge in [0.25, 0.3) is 0 Å². The van der Waals surface area contributed by atoms with Crippen molar-refractivity contribution >= 4 is 23.8 Å². The molecule has 8 heteroatoms. The van der Waals surface area contributed by atoms with Gasteiger partial charge in [-0.1, -0.05) is 0 Å². The molecule has 1 aliphatic heterocycles. The van der Waals surface area contributed by atoms with Gasteiger partial charge in [0.05, 0.1) is 13.0 Å². The molecule has 1 aliphatic rings. The molecule has 1 fully saturated rings. The van der Waals surface area contributed by atoms with Crippen LogP contribution in [0.3, 0.4) is 0 Å². The van der Waals surface area contributed by atoms with Crippen molar-refractivity contribution in [3.63, 3.8) is 0 Å². The second-order valence-electron chi connectivity index (χ2n) is 4.28. The van der Waals surface area contributed by atoms with Crippen LogP contribution < -0.4 is 0 Å². The number of hydrogen-bond donors (Lipinski definition) is 0. The monoisotopic (exact) mass is 287 g/mol. The van der Waals surface area contributed by atoms with Crippen molar-refractivity contribution in [1.82, 2.24) is 4.90 Å². The summed E-state index contributed by atoms with van der Waals surface area (Å²) < 4.78 is 14.7. The predicted molar refractivity (Wildman–Crippen MR) is 64.1 cm³/mol. The van der Waals surface area contributed by atoms with Gasteiger partial charge in [0.1, 0.15) is 6.61 Å². The van der Waals surface area contributed by atoms with Crippen molar-refractivity contribution < 1.29 is 33.4 Å². The number of esters is 3. The van der Waals surface area contributed by atoms with E-state index in [0.29, 0.717) is 0 Å². The van der Waals surface area contributed by atoms with Gasteiger partial charge in [0, 0.05) is 20.8 Å². The molecular formula is C12H17NO7. The van der Waals surface area contributed by atoms with Crippen molar-refractivity contribution in [2.45, 2.75) is 39.5 Å². The molecule has 0 aromatic heterocycles. The first kappa shape index (κ1) is 15.9. The van der Waals surface area contributed by atoms with E-state index >= 15 is 0 Å².